The van der Waals surface area contributed by atoms with Crippen LogP contribution in [0.5, 0.6) is 0 Å². The zero-order chi connectivity index (χ0) is 10.4. The Kier molecular flexibility index (Phi) is 4.14. The van der Waals surface area contributed by atoms with Gasteiger partial charge in [0.25, 0.3) is 0 Å². The molecule has 0 bridgehead atoms. The molecule has 14 heavy (non-hydrogen) atoms. The van der Waals surface area contributed by atoms with Gasteiger partial charge in [-0.25, -0.2) is 4.68 Å². The fourth-order valence-electron chi connectivity index (χ4n) is 1.000. The average Bonchev–Trinajstić information content (AvgIpc) is 2.55. The minimum absolute atomic E-state index is 0.116. The van der Waals surface area contributed by atoms with E-state index < -0.39 is 0 Å². The quantitative estimate of drug-likeness (QED) is 0.582. The lowest BCUT2D eigenvalue weighted by molar-refractivity contribution is 0.290. The smallest absolute Gasteiger partial charge is 0.227 e. The highest BCUT2D eigenvalue weighted by atomic mass is 19.1. The molecule has 3 nitrogen and oxygen atoms in total. The zero-order valence-corrected chi connectivity index (χ0v) is 8.13. The number of aliphatic hydroxyl groups excluding tert-OH is 1. The molecule has 0 amide bonds. The molecule has 1 N–H and O–H groups in total. The molecule has 0 saturated carbocycles. The minimum Gasteiger partial charge on any atom is -0.396 e. The highest BCUT2D eigenvalue weighted by molar-refractivity contribution is 5.30. The topological polar surface area (TPSA) is 38.0 Å². The maximum absolute atomic E-state index is 13.3. The number of aromatic nitrogens is 2. The van der Waals surface area contributed by atoms with Gasteiger partial charge in [-0.15, -0.1) is 0 Å². The molecule has 0 saturated heterocycles. The SMILES string of the molecule is CCn1ncc(C#CCCCO)c1F. The first kappa shape index (κ1) is 10.7. The molecule has 0 aliphatic rings. The van der Waals surface area contributed by atoms with Gasteiger partial charge in [0.05, 0.1) is 11.8 Å². The Labute approximate surface area is 82.6 Å². The van der Waals surface area contributed by atoms with Gasteiger partial charge in [0.2, 0.25) is 5.95 Å². The Morgan fingerprint density at radius 3 is 3.00 bits per heavy atom. The van der Waals surface area contributed by atoms with Crippen LogP contribution in [0.2, 0.25) is 0 Å². The number of rotatable bonds is 3. The molecular weight excluding hydrogens is 183 g/mol. The van der Waals surface area contributed by atoms with Gasteiger partial charge >= 0.3 is 0 Å². The molecule has 1 aromatic rings. The average molecular weight is 196 g/mol. The summed E-state index contributed by atoms with van der Waals surface area (Å²) in [6, 6.07) is 0. The van der Waals surface area contributed by atoms with E-state index in [0.717, 1.165) is 0 Å². The summed E-state index contributed by atoms with van der Waals surface area (Å²) in [6.07, 6.45) is 2.62. The number of hydrogen-bond acceptors (Lipinski definition) is 2. The van der Waals surface area contributed by atoms with E-state index >= 15 is 0 Å². The van der Waals surface area contributed by atoms with E-state index in [-0.39, 0.29) is 12.6 Å². The fraction of sp³-hybridized carbons (Fsp3) is 0.500. The summed E-state index contributed by atoms with van der Waals surface area (Å²) in [5, 5.41) is 12.3. The van der Waals surface area contributed by atoms with Crippen molar-refractivity contribution in [2.75, 3.05) is 6.61 Å². The first-order valence-electron chi connectivity index (χ1n) is 4.60. The van der Waals surface area contributed by atoms with E-state index in [0.29, 0.717) is 24.9 Å². The molecule has 0 fully saturated rings. The lowest BCUT2D eigenvalue weighted by Gasteiger charge is -1.93. The highest BCUT2D eigenvalue weighted by Crippen LogP contribution is 2.04. The van der Waals surface area contributed by atoms with Gasteiger partial charge in [0.1, 0.15) is 0 Å². The molecule has 0 aliphatic heterocycles. The van der Waals surface area contributed by atoms with Crippen molar-refractivity contribution in [3.63, 3.8) is 0 Å². The molecule has 0 radical (unpaired) electrons. The van der Waals surface area contributed by atoms with Crippen molar-refractivity contribution in [3.05, 3.63) is 17.7 Å². The first-order valence-corrected chi connectivity index (χ1v) is 4.60. The predicted molar refractivity (Wildman–Crippen MR) is 51.1 cm³/mol. The molecule has 0 aliphatic carbocycles. The summed E-state index contributed by atoms with van der Waals surface area (Å²) in [6.45, 7) is 2.44. The maximum Gasteiger partial charge on any atom is 0.227 e. The van der Waals surface area contributed by atoms with Crippen LogP contribution in [-0.2, 0) is 6.54 Å². The Bertz CT molecular complexity index is 349. The Balaban J connectivity index is 2.65. The standard InChI is InChI=1S/C10H13FN2O/c1-2-13-10(11)9(8-12-13)6-4-3-5-7-14/h8,14H,2-3,5,7H2,1H3. The van der Waals surface area contributed by atoms with Crippen molar-refractivity contribution >= 4 is 0 Å². The summed E-state index contributed by atoms with van der Waals surface area (Å²) < 4.78 is 14.6. The van der Waals surface area contributed by atoms with Crippen molar-refractivity contribution in [2.45, 2.75) is 26.3 Å². The molecular formula is C10H13FN2O. The molecule has 0 atom stereocenters. The van der Waals surface area contributed by atoms with Crippen LogP contribution in [0.3, 0.4) is 0 Å². The van der Waals surface area contributed by atoms with Gasteiger partial charge in [0, 0.05) is 19.6 Å². The van der Waals surface area contributed by atoms with Gasteiger partial charge in [-0.2, -0.15) is 9.49 Å². The van der Waals surface area contributed by atoms with E-state index in [9.17, 15) is 4.39 Å². The first-order chi connectivity index (χ1) is 6.79. The summed E-state index contributed by atoms with van der Waals surface area (Å²) in [7, 11) is 0. The van der Waals surface area contributed by atoms with Crippen LogP contribution in [-0.4, -0.2) is 21.5 Å². The highest BCUT2D eigenvalue weighted by Gasteiger charge is 2.05. The molecule has 76 valence electrons. The van der Waals surface area contributed by atoms with Gasteiger partial charge in [-0.05, 0) is 13.3 Å². The largest absolute Gasteiger partial charge is 0.396 e. The second-order valence-corrected chi connectivity index (χ2v) is 2.79. The predicted octanol–water partition coefficient (Wildman–Crippen LogP) is 1.17. The van der Waals surface area contributed by atoms with Crippen molar-refractivity contribution in [1.29, 1.82) is 0 Å². The van der Waals surface area contributed by atoms with Gasteiger partial charge in [0.15, 0.2) is 0 Å². The molecule has 0 aromatic carbocycles. The van der Waals surface area contributed by atoms with Crippen LogP contribution >= 0.6 is 0 Å². The Hall–Kier alpha value is -1.34. The Morgan fingerprint density at radius 2 is 2.43 bits per heavy atom. The van der Waals surface area contributed by atoms with Crippen LogP contribution in [0.25, 0.3) is 0 Å². The normalized spacial score (nSPS) is 9.64. The molecule has 1 rings (SSSR count). The lowest BCUT2D eigenvalue weighted by Crippen LogP contribution is -1.99. The Morgan fingerprint density at radius 1 is 1.64 bits per heavy atom. The summed E-state index contributed by atoms with van der Waals surface area (Å²) >= 11 is 0. The second-order valence-electron chi connectivity index (χ2n) is 2.79. The molecule has 4 heteroatoms. The number of aliphatic hydroxyl groups is 1. The van der Waals surface area contributed by atoms with Gasteiger partial charge in [-0.3, -0.25) is 0 Å². The van der Waals surface area contributed by atoms with Gasteiger partial charge < -0.3 is 5.11 Å². The zero-order valence-electron chi connectivity index (χ0n) is 8.13. The maximum atomic E-state index is 13.3. The number of unbranched alkanes of at least 4 members (excludes halogenated alkanes) is 1. The number of hydrogen-bond donors (Lipinski definition) is 1. The van der Waals surface area contributed by atoms with E-state index in [1.807, 2.05) is 6.92 Å². The number of nitrogens with zero attached hydrogens (tertiary/aromatic N) is 2. The van der Waals surface area contributed by atoms with Crippen LogP contribution in [0.15, 0.2) is 6.20 Å². The molecule has 0 spiro atoms. The van der Waals surface area contributed by atoms with E-state index in [4.69, 9.17) is 5.11 Å². The minimum atomic E-state index is -0.385. The van der Waals surface area contributed by atoms with Crippen LogP contribution in [0.4, 0.5) is 4.39 Å². The third-order valence-corrected chi connectivity index (χ3v) is 1.76. The summed E-state index contributed by atoms with van der Waals surface area (Å²) in [5.41, 5.74) is 0.324. The van der Waals surface area contributed by atoms with E-state index in [1.54, 1.807) is 0 Å². The summed E-state index contributed by atoms with van der Waals surface area (Å²) in [5.74, 6) is 5.08. The monoisotopic (exact) mass is 196 g/mol. The molecule has 1 aromatic heterocycles. The van der Waals surface area contributed by atoms with Crippen LogP contribution < -0.4 is 0 Å². The summed E-state index contributed by atoms with van der Waals surface area (Å²) in [4.78, 5) is 0. The van der Waals surface area contributed by atoms with Crippen molar-refractivity contribution < 1.29 is 9.50 Å². The van der Waals surface area contributed by atoms with Crippen LogP contribution in [0.1, 0.15) is 25.3 Å². The third kappa shape index (κ3) is 2.57. The number of aryl methyl sites for hydroxylation is 1. The van der Waals surface area contributed by atoms with Crippen molar-refractivity contribution in [3.8, 4) is 11.8 Å². The lowest BCUT2D eigenvalue weighted by atomic mass is 10.3. The second kappa shape index (κ2) is 5.40. The molecule has 1 heterocycles. The number of halogens is 1. The van der Waals surface area contributed by atoms with Crippen molar-refractivity contribution in [1.82, 2.24) is 9.78 Å². The molecule has 0 unspecified atom stereocenters. The van der Waals surface area contributed by atoms with E-state index in [1.165, 1.54) is 10.9 Å². The van der Waals surface area contributed by atoms with Crippen LogP contribution in [0, 0.1) is 17.8 Å². The van der Waals surface area contributed by atoms with E-state index in [2.05, 4.69) is 16.9 Å². The van der Waals surface area contributed by atoms with Gasteiger partial charge in [-0.1, -0.05) is 11.8 Å². The fourth-order valence-corrected chi connectivity index (χ4v) is 1.000. The van der Waals surface area contributed by atoms with Crippen molar-refractivity contribution in [2.24, 2.45) is 0 Å². The third-order valence-electron chi connectivity index (χ3n) is 1.76.